The van der Waals surface area contributed by atoms with E-state index in [0.717, 1.165) is 71.7 Å². The number of unbranched alkanes of at least 4 members (excludes halogenated alkanes) is 2. The fraction of sp³-hybridized carbons (Fsp3) is 0.235. The van der Waals surface area contributed by atoms with Crippen molar-refractivity contribution in [2.24, 2.45) is 0 Å². The minimum absolute atomic E-state index is 0.224. The van der Waals surface area contributed by atoms with Crippen molar-refractivity contribution in [3.63, 3.8) is 0 Å². The number of benzene rings is 4. The maximum Gasteiger partial charge on any atom is 0.154 e. The first-order valence-corrected chi connectivity index (χ1v) is 15.2. The van der Waals surface area contributed by atoms with Crippen LogP contribution in [0.4, 0.5) is 11.5 Å². The summed E-state index contributed by atoms with van der Waals surface area (Å²) in [6, 6.07) is 31.2. The van der Waals surface area contributed by atoms with Gasteiger partial charge in [0, 0.05) is 47.4 Å². The molecule has 4 aromatic carbocycles. The Balaban J connectivity index is 0.000000181. The Bertz CT molecular complexity index is 1750. The monoisotopic (exact) mass is 625 g/mol. The second-order valence-electron chi connectivity index (χ2n) is 10.1. The van der Waals surface area contributed by atoms with Crippen LogP contribution in [0.15, 0.2) is 102 Å². The molecule has 0 saturated carbocycles. The van der Waals surface area contributed by atoms with Crippen LogP contribution in [0.2, 0.25) is 0 Å². The van der Waals surface area contributed by atoms with Gasteiger partial charge in [-0.05, 0) is 72.2 Å². The van der Waals surface area contributed by atoms with Gasteiger partial charge in [-0.1, -0.05) is 76.6 Å². The van der Waals surface area contributed by atoms with Gasteiger partial charge in [0.2, 0.25) is 0 Å². The fourth-order valence-electron chi connectivity index (χ4n) is 4.85. The normalized spacial score (nSPS) is 11.0. The minimum atomic E-state index is 0.224. The van der Waals surface area contributed by atoms with Crippen LogP contribution in [0.1, 0.15) is 25.7 Å². The van der Waals surface area contributed by atoms with Crippen LogP contribution < -0.4 is 10.6 Å². The van der Waals surface area contributed by atoms with E-state index in [0.29, 0.717) is 0 Å². The predicted molar refractivity (Wildman–Crippen MR) is 177 cm³/mol. The zero-order chi connectivity index (χ0) is 29.1. The number of rotatable bonds is 11. The molecule has 4 N–H and O–H groups in total. The van der Waals surface area contributed by atoms with Crippen LogP contribution in [0.3, 0.4) is 0 Å². The van der Waals surface area contributed by atoms with Crippen LogP contribution in [0, 0.1) is 0 Å². The van der Waals surface area contributed by atoms with Crippen molar-refractivity contribution in [1.82, 2.24) is 14.6 Å². The summed E-state index contributed by atoms with van der Waals surface area (Å²) in [4.78, 5) is 4.47. The molecule has 42 heavy (non-hydrogen) atoms. The van der Waals surface area contributed by atoms with Crippen molar-refractivity contribution in [2.75, 3.05) is 36.9 Å². The first-order valence-electron chi connectivity index (χ1n) is 14.4. The van der Waals surface area contributed by atoms with Gasteiger partial charge in [0.05, 0.1) is 11.9 Å². The number of nitrogens with zero attached hydrogens (tertiary/aromatic N) is 3. The maximum atomic E-state index is 8.86. The topological polar surface area (TPSA) is 94.7 Å². The van der Waals surface area contributed by atoms with E-state index >= 15 is 0 Å². The predicted octanol–water partition coefficient (Wildman–Crippen LogP) is 7.52. The highest BCUT2D eigenvalue weighted by atomic mass is 79.9. The highest BCUT2D eigenvalue weighted by Gasteiger charge is 2.09. The number of imidazole rings is 1. The molecule has 0 bridgehead atoms. The van der Waals surface area contributed by atoms with Crippen molar-refractivity contribution in [1.29, 1.82) is 0 Å². The largest absolute Gasteiger partial charge is 0.396 e. The Morgan fingerprint density at radius 2 is 1.40 bits per heavy atom. The molecular weight excluding hydrogens is 590 g/mol. The van der Waals surface area contributed by atoms with E-state index in [2.05, 4.69) is 97.3 Å². The molecule has 216 valence electrons. The number of nitrogens with one attached hydrogen (secondary N) is 2. The molecule has 6 aromatic rings. The number of aliphatic hydroxyl groups is 2. The summed E-state index contributed by atoms with van der Waals surface area (Å²) in [5.41, 5.74) is 4.04. The maximum absolute atomic E-state index is 8.86. The lowest BCUT2D eigenvalue weighted by molar-refractivity contribution is 0.286. The molecule has 0 unspecified atom stereocenters. The number of halogens is 1. The van der Waals surface area contributed by atoms with Crippen molar-refractivity contribution in [3.8, 4) is 11.3 Å². The third-order valence-electron chi connectivity index (χ3n) is 7.03. The zero-order valence-electron chi connectivity index (χ0n) is 23.5. The molecule has 0 amide bonds. The van der Waals surface area contributed by atoms with Gasteiger partial charge in [-0.25, -0.2) is 9.50 Å². The SMILES string of the molecule is OCCCCNc1cc(Br)cc2ccccc12.OCCCCNc1ccc2ncc(-c3ccc4ccccc4c3)n2n1. The van der Waals surface area contributed by atoms with Gasteiger partial charge in [0.25, 0.3) is 0 Å². The standard InChI is InChI=1S/C20H20N4O.C14H16BrNO/c25-12-4-3-11-21-19-9-10-20-22-14-18(24(20)23-19)17-8-7-15-5-1-2-6-16(15)13-17;15-12-9-11-5-1-2-6-13(11)14(10-12)16-7-3-4-8-17/h1-2,5-10,13-14,25H,3-4,11-12H2,(H,21,23);1-2,5-6,9-10,16-17H,3-4,7-8H2. The molecule has 0 aliphatic heterocycles. The second-order valence-corrected chi connectivity index (χ2v) is 11.0. The molecule has 0 fully saturated rings. The number of hydrogen-bond acceptors (Lipinski definition) is 6. The highest BCUT2D eigenvalue weighted by molar-refractivity contribution is 9.10. The van der Waals surface area contributed by atoms with E-state index in [4.69, 9.17) is 10.2 Å². The van der Waals surface area contributed by atoms with E-state index in [9.17, 15) is 0 Å². The average molecular weight is 627 g/mol. The first kappa shape index (κ1) is 29.5. The van der Waals surface area contributed by atoms with Crippen molar-refractivity contribution in [3.05, 3.63) is 102 Å². The molecule has 0 aliphatic carbocycles. The molecule has 2 aromatic heterocycles. The summed E-state index contributed by atoms with van der Waals surface area (Å²) < 4.78 is 2.96. The Morgan fingerprint density at radius 1 is 0.690 bits per heavy atom. The fourth-order valence-corrected chi connectivity index (χ4v) is 5.32. The van der Waals surface area contributed by atoms with Gasteiger partial charge in [-0.3, -0.25) is 0 Å². The quantitative estimate of drug-likeness (QED) is 0.111. The number of hydrogen-bond donors (Lipinski definition) is 4. The lowest BCUT2D eigenvalue weighted by Gasteiger charge is -2.10. The summed E-state index contributed by atoms with van der Waals surface area (Å²) in [6.45, 7) is 2.17. The van der Waals surface area contributed by atoms with Gasteiger partial charge >= 0.3 is 0 Å². The van der Waals surface area contributed by atoms with Gasteiger partial charge < -0.3 is 20.8 Å². The molecular formula is C34H36BrN5O2. The second kappa shape index (κ2) is 14.8. The summed E-state index contributed by atoms with van der Waals surface area (Å²) >= 11 is 3.53. The number of anilines is 2. The Labute approximate surface area is 254 Å². The third kappa shape index (κ3) is 7.45. The Hall–Kier alpha value is -3.98. The summed E-state index contributed by atoms with van der Waals surface area (Å²) in [6.07, 6.45) is 5.40. The molecule has 8 heteroatoms. The summed E-state index contributed by atoms with van der Waals surface area (Å²) in [5.74, 6) is 0.811. The first-order chi connectivity index (χ1) is 20.7. The number of aliphatic hydroxyl groups excluding tert-OH is 2. The van der Waals surface area contributed by atoms with Gasteiger partial charge in [0.15, 0.2) is 5.65 Å². The molecule has 7 nitrogen and oxygen atoms in total. The molecule has 0 saturated heterocycles. The van der Waals surface area contributed by atoms with Crippen molar-refractivity contribution < 1.29 is 10.2 Å². The molecule has 0 aliphatic rings. The van der Waals surface area contributed by atoms with Gasteiger partial charge in [-0.2, -0.15) is 0 Å². The van der Waals surface area contributed by atoms with Crippen LogP contribution in [-0.4, -0.2) is 51.1 Å². The van der Waals surface area contributed by atoms with Crippen LogP contribution in [-0.2, 0) is 0 Å². The van der Waals surface area contributed by atoms with Gasteiger partial charge in [-0.15, -0.1) is 5.10 Å². The Kier molecular flexibility index (Phi) is 10.4. The van der Waals surface area contributed by atoms with E-state index < -0.39 is 0 Å². The molecule has 0 atom stereocenters. The van der Waals surface area contributed by atoms with E-state index in [1.807, 2.05) is 41.0 Å². The highest BCUT2D eigenvalue weighted by Crippen LogP contribution is 2.28. The van der Waals surface area contributed by atoms with E-state index in [-0.39, 0.29) is 13.2 Å². The zero-order valence-corrected chi connectivity index (χ0v) is 25.1. The molecule has 0 radical (unpaired) electrons. The number of aromatic nitrogens is 3. The number of fused-ring (bicyclic) bond motifs is 3. The Morgan fingerprint density at radius 3 is 2.19 bits per heavy atom. The van der Waals surface area contributed by atoms with Crippen LogP contribution in [0.25, 0.3) is 38.4 Å². The van der Waals surface area contributed by atoms with E-state index in [1.165, 1.54) is 21.5 Å². The lowest BCUT2D eigenvalue weighted by Crippen LogP contribution is -2.06. The molecule has 2 heterocycles. The minimum Gasteiger partial charge on any atom is -0.396 e. The van der Waals surface area contributed by atoms with Crippen molar-refractivity contribution >= 4 is 54.6 Å². The van der Waals surface area contributed by atoms with Crippen molar-refractivity contribution in [2.45, 2.75) is 25.7 Å². The smallest absolute Gasteiger partial charge is 0.154 e. The summed E-state index contributed by atoms with van der Waals surface area (Å²) in [7, 11) is 0. The van der Waals surface area contributed by atoms with E-state index in [1.54, 1.807) is 0 Å². The lowest BCUT2D eigenvalue weighted by atomic mass is 10.1. The third-order valence-corrected chi connectivity index (χ3v) is 7.48. The summed E-state index contributed by atoms with van der Waals surface area (Å²) in [5, 5.41) is 33.9. The van der Waals surface area contributed by atoms with Crippen LogP contribution in [0.5, 0.6) is 0 Å². The molecule has 0 spiro atoms. The average Bonchev–Trinajstić information content (AvgIpc) is 3.45. The van der Waals surface area contributed by atoms with Gasteiger partial charge in [0.1, 0.15) is 5.82 Å². The molecule has 6 rings (SSSR count). The van der Waals surface area contributed by atoms with Crippen LogP contribution >= 0.6 is 15.9 Å².